The lowest BCUT2D eigenvalue weighted by molar-refractivity contribution is 0.0530. The number of sulfonamides is 1. The van der Waals surface area contributed by atoms with Crippen molar-refractivity contribution in [3.63, 3.8) is 0 Å². The van der Waals surface area contributed by atoms with Gasteiger partial charge in [0.05, 0.1) is 18.6 Å². The molecule has 3 aromatic rings. The van der Waals surface area contributed by atoms with Crippen LogP contribution in [-0.2, 0) is 21.8 Å². The Bertz CT molecular complexity index is 1360. The van der Waals surface area contributed by atoms with Crippen molar-refractivity contribution in [2.24, 2.45) is 12.0 Å². The third kappa shape index (κ3) is 5.49. The van der Waals surface area contributed by atoms with Gasteiger partial charge in [0.2, 0.25) is 0 Å². The molecule has 0 saturated heterocycles. The highest BCUT2D eigenvalue weighted by atomic mass is 32.2. The monoisotopic (exact) mass is 489 g/mol. The van der Waals surface area contributed by atoms with Gasteiger partial charge in [-0.2, -0.15) is 4.99 Å². The fraction of sp³-hybridized carbons (Fsp3) is 0.227. The Hall–Kier alpha value is -3.44. The molecule has 0 aliphatic heterocycles. The van der Waals surface area contributed by atoms with Crippen molar-refractivity contribution in [2.45, 2.75) is 18.7 Å². The van der Waals surface area contributed by atoms with Gasteiger partial charge in [0.25, 0.3) is 15.9 Å². The number of aromatic nitrogens is 1. The molecule has 0 atom stereocenters. The molecule has 3 rings (SSSR count). The Morgan fingerprint density at radius 3 is 2.48 bits per heavy atom. The summed E-state index contributed by atoms with van der Waals surface area (Å²) in [4.78, 5) is 29.7. The van der Waals surface area contributed by atoms with Crippen molar-refractivity contribution >= 4 is 38.9 Å². The summed E-state index contributed by atoms with van der Waals surface area (Å²) in [5, 5.41) is 0. The van der Waals surface area contributed by atoms with Gasteiger partial charge in [-0.25, -0.2) is 13.2 Å². The molecule has 1 aromatic heterocycles. The number of nitrogens with zero attached hydrogens (tertiary/aromatic N) is 2. The summed E-state index contributed by atoms with van der Waals surface area (Å²) < 4.78 is 39.5. The molecular formula is C22H23N3O6S2. The van der Waals surface area contributed by atoms with Crippen molar-refractivity contribution < 1.29 is 27.5 Å². The molecule has 0 fully saturated rings. The van der Waals surface area contributed by atoms with Crippen LogP contribution in [0.3, 0.4) is 0 Å². The quantitative estimate of drug-likeness (QED) is 0.510. The minimum absolute atomic E-state index is 0.0531. The van der Waals surface area contributed by atoms with Gasteiger partial charge >= 0.3 is 5.97 Å². The highest BCUT2D eigenvalue weighted by Crippen LogP contribution is 2.20. The van der Waals surface area contributed by atoms with Crippen molar-refractivity contribution in [2.75, 3.05) is 18.4 Å². The maximum atomic E-state index is 12.8. The minimum Gasteiger partial charge on any atom is -0.497 e. The number of methoxy groups -OCH3 is 1. The second-order valence-electron chi connectivity index (χ2n) is 6.86. The Morgan fingerprint density at radius 2 is 1.85 bits per heavy atom. The van der Waals surface area contributed by atoms with Gasteiger partial charge in [0, 0.05) is 24.0 Å². The smallest absolute Gasteiger partial charge is 0.350 e. The van der Waals surface area contributed by atoms with E-state index in [1.807, 2.05) is 0 Å². The molecule has 2 aromatic carbocycles. The third-order valence-corrected chi connectivity index (χ3v) is 7.31. The van der Waals surface area contributed by atoms with Crippen LogP contribution in [0.1, 0.15) is 32.6 Å². The molecule has 174 valence electrons. The van der Waals surface area contributed by atoms with Crippen molar-refractivity contribution in [1.82, 2.24) is 4.57 Å². The summed E-state index contributed by atoms with van der Waals surface area (Å²) in [5.74, 6) is -0.515. The van der Waals surface area contributed by atoms with E-state index < -0.39 is 21.9 Å². The Balaban J connectivity index is 1.87. The van der Waals surface area contributed by atoms with Crippen LogP contribution in [0.4, 0.5) is 5.69 Å². The number of rotatable bonds is 7. The Kier molecular flexibility index (Phi) is 7.34. The van der Waals surface area contributed by atoms with E-state index in [1.54, 1.807) is 43.7 Å². The van der Waals surface area contributed by atoms with E-state index in [1.165, 1.54) is 37.4 Å². The van der Waals surface area contributed by atoms with E-state index in [2.05, 4.69) is 9.71 Å². The van der Waals surface area contributed by atoms with Gasteiger partial charge in [0.15, 0.2) is 4.80 Å². The number of nitrogens with one attached hydrogen (secondary N) is 1. The predicted octanol–water partition coefficient (Wildman–Crippen LogP) is 3.12. The number of hydrogen-bond acceptors (Lipinski definition) is 7. The van der Waals surface area contributed by atoms with Crippen LogP contribution in [0.2, 0.25) is 0 Å². The third-order valence-electron chi connectivity index (χ3n) is 4.70. The molecule has 1 N–H and O–H groups in total. The maximum absolute atomic E-state index is 12.8. The zero-order valence-electron chi connectivity index (χ0n) is 18.5. The van der Waals surface area contributed by atoms with Gasteiger partial charge in [0.1, 0.15) is 10.6 Å². The number of thiazole rings is 1. The zero-order chi connectivity index (χ0) is 24.2. The summed E-state index contributed by atoms with van der Waals surface area (Å²) in [6.07, 6.45) is 0. The fourth-order valence-corrected chi connectivity index (χ4v) is 4.91. The molecule has 0 aliphatic rings. The average Bonchev–Trinajstić information content (AvgIpc) is 3.07. The lowest BCUT2D eigenvalue weighted by Gasteiger charge is -2.09. The minimum atomic E-state index is -3.86. The summed E-state index contributed by atoms with van der Waals surface area (Å²) in [6, 6.07) is 12.0. The van der Waals surface area contributed by atoms with Crippen LogP contribution in [0.5, 0.6) is 5.75 Å². The summed E-state index contributed by atoms with van der Waals surface area (Å²) in [5.41, 5.74) is 1.03. The second kappa shape index (κ2) is 10.0. The van der Waals surface area contributed by atoms with Crippen molar-refractivity contribution in [1.29, 1.82) is 0 Å². The topological polar surface area (TPSA) is 116 Å². The number of anilines is 1. The molecule has 1 amide bonds. The first-order valence-corrected chi connectivity index (χ1v) is 12.2. The van der Waals surface area contributed by atoms with E-state index >= 15 is 0 Å². The highest BCUT2D eigenvalue weighted by molar-refractivity contribution is 7.92. The van der Waals surface area contributed by atoms with Crippen LogP contribution in [0, 0.1) is 6.92 Å². The average molecular weight is 490 g/mol. The molecular weight excluding hydrogens is 466 g/mol. The number of amides is 1. The number of benzene rings is 2. The number of esters is 1. The van der Waals surface area contributed by atoms with Crippen LogP contribution in [0.25, 0.3) is 0 Å². The number of carbonyl (C=O) groups is 2. The Labute approximate surface area is 195 Å². The molecule has 0 bridgehead atoms. The standard InChI is InChI=1S/C22H23N3O6S2/c1-5-31-21(27)19-14(2)25(3)22(32-19)23-20(26)15-7-6-8-16(13-15)24-33(28,29)18-11-9-17(30-4)10-12-18/h6-13,24H,5H2,1-4H3. The van der Waals surface area contributed by atoms with Gasteiger partial charge in [-0.3, -0.25) is 9.52 Å². The van der Waals surface area contributed by atoms with Gasteiger partial charge in [-0.05, 0) is 56.3 Å². The lowest BCUT2D eigenvalue weighted by atomic mass is 10.2. The van der Waals surface area contributed by atoms with E-state index in [9.17, 15) is 18.0 Å². The first-order chi connectivity index (χ1) is 15.7. The second-order valence-corrected chi connectivity index (χ2v) is 9.52. The largest absolute Gasteiger partial charge is 0.497 e. The van der Waals surface area contributed by atoms with Crippen LogP contribution in [0.15, 0.2) is 58.4 Å². The zero-order valence-corrected chi connectivity index (χ0v) is 20.1. The number of ether oxygens (including phenoxy) is 2. The maximum Gasteiger partial charge on any atom is 0.350 e. The highest BCUT2D eigenvalue weighted by Gasteiger charge is 2.18. The SMILES string of the molecule is CCOC(=O)c1sc(=NC(=O)c2cccc(NS(=O)(=O)c3ccc(OC)cc3)c2)n(C)c1C. The van der Waals surface area contributed by atoms with Gasteiger partial charge in [-0.1, -0.05) is 17.4 Å². The molecule has 33 heavy (non-hydrogen) atoms. The van der Waals surface area contributed by atoms with Crippen LogP contribution >= 0.6 is 11.3 Å². The summed E-state index contributed by atoms with van der Waals surface area (Å²) >= 11 is 1.05. The van der Waals surface area contributed by atoms with E-state index in [4.69, 9.17) is 9.47 Å². The summed E-state index contributed by atoms with van der Waals surface area (Å²) in [6.45, 7) is 3.69. The lowest BCUT2D eigenvalue weighted by Crippen LogP contribution is -2.15. The van der Waals surface area contributed by atoms with Crippen LogP contribution in [-0.4, -0.2) is 38.6 Å². The molecule has 0 radical (unpaired) electrons. The molecule has 0 spiro atoms. The normalized spacial score (nSPS) is 11.8. The molecule has 0 unspecified atom stereocenters. The first-order valence-electron chi connectivity index (χ1n) is 9.85. The number of carbonyl (C=O) groups excluding carboxylic acids is 2. The van der Waals surface area contributed by atoms with E-state index in [-0.39, 0.29) is 22.8 Å². The molecule has 0 aliphatic carbocycles. The Morgan fingerprint density at radius 1 is 1.15 bits per heavy atom. The van der Waals surface area contributed by atoms with Crippen molar-refractivity contribution in [3.05, 3.63) is 69.5 Å². The first kappa shape index (κ1) is 24.2. The molecule has 0 saturated carbocycles. The molecule has 11 heteroatoms. The summed E-state index contributed by atoms with van der Waals surface area (Å²) in [7, 11) is -0.680. The molecule has 9 nitrogen and oxygen atoms in total. The van der Waals surface area contributed by atoms with Crippen molar-refractivity contribution in [3.8, 4) is 5.75 Å². The fourth-order valence-electron chi connectivity index (χ4n) is 2.85. The van der Waals surface area contributed by atoms with Crippen LogP contribution < -0.4 is 14.3 Å². The van der Waals surface area contributed by atoms with E-state index in [0.29, 0.717) is 21.1 Å². The van der Waals surface area contributed by atoms with Gasteiger partial charge < -0.3 is 14.0 Å². The van der Waals surface area contributed by atoms with E-state index in [0.717, 1.165) is 11.3 Å². The molecule has 1 heterocycles. The van der Waals surface area contributed by atoms with Gasteiger partial charge in [-0.15, -0.1) is 0 Å². The predicted molar refractivity (Wildman–Crippen MR) is 124 cm³/mol. The number of hydrogen-bond donors (Lipinski definition) is 1.